The van der Waals surface area contributed by atoms with E-state index in [1.807, 2.05) is 0 Å². The van der Waals surface area contributed by atoms with Crippen LogP contribution in [0.3, 0.4) is 0 Å². The molecular formula is C25H29P. The van der Waals surface area contributed by atoms with Gasteiger partial charge in [0.1, 0.15) is 0 Å². The summed E-state index contributed by atoms with van der Waals surface area (Å²) in [6, 6.07) is 33.3. The highest BCUT2D eigenvalue weighted by atomic mass is 31.2. The molecule has 1 heteroatoms. The third-order valence-corrected chi connectivity index (χ3v) is 9.28. The van der Waals surface area contributed by atoms with Crippen molar-refractivity contribution < 1.29 is 0 Å². The first kappa shape index (κ1) is 18.7. The second-order valence-corrected chi connectivity index (χ2v) is 10.3. The van der Waals surface area contributed by atoms with Gasteiger partial charge in [0, 0.05) is 0 Å². The fourth-order valence-corrected chi connectivity index (χ4v) is 7.93. The normalized spacial score (nSPS) is 12.5. The van der Waals surface area contributed by atoms with Crippen LogP contribution in [0.25, 0.3) is 0 Å². The molecule has 134 valence electrons. The van der Waals surface area contributed by atoms with Crippen LogP contribution in [0.2, 0.25) is 0 Å². The number of hydrogen-bond donors (Lipinski definition) is 0. The van der Waals surface area contributed by atoms with E-state index < -0.39 is 6.89 Å². The van der Waals surface area contributed by atoms with Crippen LogP contribution in [-0.2, 0) is 0 Å². The van der Waals surface area contributed by atoms with Gasteiger partial charge < -0.3 is 0 Å². The minimum atomic E-state index is -1.77. The van der Waals surface area contributed by atoms with Gasteiger partial charge in [0.25, 0.3) is 0 Å². The highest BCUT2D eigenvalue weighted by molar-refractivity contribution is 7.94. The largest absolute Gasteiger partial charge is 0.0714 e. The fourth-order valence-electron chi connectivity index (χ4n) is 3.68. The van der Waals surface area contributed by atoms with Gasteiger partial charge in [-0.05, 0) is 35.1 Å². The van der Waals surface area contributed by atoms with E-state index >= 15 is 0 Å². The molecule has 1 unspecified atom stereocenters. The van der Waals surface area contributed by atoms with Gasteiger partial charge in [-0.15, -0.1) is 0 Å². The third-order valence-electron chi connectivity index (χ3n) is 4.98. The summed E-state index contributed by atoms with van der Waals surface area (Å²) in [7, 11) is 0. The number of unbranched alkanes of at least 4 members (excludes halogenated alkanes) is 1. The van der Waals surface area contributed by atoms with E-state index in [2.05, 4.69) is 111 Å². The van der Waals surface area contributed by atoms with Crippen LogP contribution in [-0.4, -0.2) is 5.80 Å². The Morgan fingerprint density at radius 2 is 1.08 bits per heavy atom. The SMILES string of the molecule is CCCCC(C)C=P(c1ccccc1)(c1ccccc1)c1ccccc1. The molecule has 1 atom stereocenters. The van der Waals surface area contributed by atoms with E-state index in [0.29, 0.717) is 5.92 Å². The van der Waals surface area contributed by atoms with E-state index in [1.54, 1.807) is 0 Å². The minimum Gasteiger partial charge on any atom is -0.0714 e. The van der Waals surface area contributed by atoms with E-state index in [-0.39, 0.29) is 0 Å². The summed E-state index contributed by atoms with van der Waals surface area (Å²) in [5, 5.41) is 4.34. The Morgan fingerprint density at radius 1 is 0.692 bits per heavy atom. The van der Waals surface area contributed by atoms with Crippen molar-refractivity contribution in [2.45, 2.75) is 33.1 Å². The van der Waals surface area contributed by atoms with Crippen molar-refractivity contribution >= 4 is 28.6 Å². The van der Waals surface area contributed by atoms with Gasteiger partial charge in [0.2, 0.25) is 0 Å². The molecule has 0 saturated heterocycles. The predicted molar refractivity (Wildman–Crippen MR) is 120 cm³/mol. The zero-order valence-corrected chi connectivity index (χ0v) is 16.8. The Balaban J connectivity index is 2.30. The maximum atomic E-state index is 2.68. The predicted octanol–water partition coefficient (Wildman–Crippen LogP) is 5.61. The molecule has 3 aromatic carbocycles. The summed E-state index contributed by atoms with van der Waals surface area (Å²) in [4.78, 5) is 0. The maximum absolute atomic E-state index is 2.68. The van der Waals surface area contributed by atoms with Crippen molar-refractivity contribution in [2.75, 3.05) is 0 Å². The van der Waals surface area contributed by atoms with Crippen molar-refractivity contribution in [2.24, 2.45) is 5.92 Å². The molecule has 0 radical (unpaired) electrons. The Bertz CT molecular complexity index is 732. The van der Waals surface area contributed by atoms with Crippen LogP contribution in [0.5, 0.6) is 0 Å². The first-order valence-electron chi connectivity index (χ1n) is 9.69. The van der Waals surface area contributed by atoms with E-state index in [4.69, 9.17) is 0 Å². The molecule has 0 saturated carbocycles. The Kier molecular flexibility index (Phi) is 6.53. The van der Waals surface area contributed by atoms with Gasteiger partial charge in [-0.1, -0.05) is 123 Å². The highest BCUT2D eigenvalue weighted by Crippen LogP contribution is 2.44. The fraction of sp³-hybridized carbons (Fsp3) is 0.240. The molecule has 0 N–H and O–H groups in total. The van der Waals surface area contributed by atoms with Gasteiger partial charge in [-0.25, -0.2) is 0 Å². The van der Waals surface area contributed by atoms with Gasteiger partial charge >= 0.3 is 0 Å². The van der Waals surface area contributed by atoms with Crippen molar-refractivity contribution in [3.8, 4) is 0 Å². The van der Waals surface area contributed by atoms with Crippen molar-refractivity contribution in [1.82, 2.24) is 0 Å². The highest BCUT2D eigenvalue weighted by Gasteiger charge is 2.25. The third kappa shape index (κ3) is 4.02. The average Bonchev–Trinajstić information content (AvgIpc) is 2.72. The molecule has 0 aliphatic carbocycles. The summed E-state index contributed by atoms with van der Waals surface area (Å²) in [5.74, 6) is 3.27. The number of hydrogen-bond acceptors (Lipinski definition) is 0. The molecule has 0 bridgehead atoms. The Labute approximate surface area is 158 Å². The van der Waals surface area contributed by atoms with Crippen LogP contribution >= 0.6 is 6.89 Å². The second kappa shape index (κ2) is 9.06. The Morgan fingerprint density at radius 3 is 1.42 bits per heavy atom. The van der Waals surface area contributed by atoms with Crippen LogP contribution in [0.4, 0.5) is 0 Å². The smallest absolute Gasteiger partial charge is 0.0163 e. The molecular weight excluding hydrogens is 331 g/mol. The molecule has 0 nitrogen and oxygen atoms in total. The molecule has 0 spiro atoms. The topological polar surface area (TPSA) is 0 Å². The molecule has 0 aliphatic rings. The molecule has 0 aliphatic heterocycles. The quantitative estimate of drug-likeness (QED) is 0.481. The summed E-state index contributed by atoms with van der Waals surface area (Å²) in [6.45, 7) is 2.89. The van der Waals surface area contributed by atoms with Crippen LogP contribution in [0.1, 0.15) is 33.1 Å². The first-order valence-corrected chi connectivity index (χ1v) is 11.5. The van der Waals surface area contributed by atoms with Crippen molar-refractivity contribution in [3.05, 3.63) is 91.0 Å². The van der Waals surface area contributed by atoms with Crippen LogP contribution in [0, 0.1) is 5.92 Å². The molecule has 0 heterocycles. The zero-order valence-electron chi connectivity index (χ0n) is 15.9. The lowest BCUT2D eigenvalue weighted by molar-refractivity contribution is 0.636. The average molecular weight is 360 g/mol. The monoisotopic (exact) mass is 360 g/mol. The minimum absolute atomic E-state index is 0.587. The van der Waals surface area contributed by atoms with Crippen LogP contribution in [0.15, 0.2) is 91.0 Å². The molecule has 26 heavy (non-hydrogen) atoms. The molecule has 0 fully saturated rings. The lowest BCUT2D eigenvalue weighted by Gasteiger charge is -2.30. The molecule has 3 rings (SSSR count). The standard InChI is InChI=1S/C25H29P/c1-3-4-14-22(2)21-26(23-15-8-5-9-16-23,24-17-10-6-11-18-24)25-19-12-7-13-20-25/h5-13,15-22H,3-4,14H2,1-2H3. The van der Waals surface area contributed by atoms with Crippen molar-refractivity contribution in [1.29, 1.82) is 0 Å². The van der Waals surface area contributed by atoms with Gasteiger partial charge in [-0.2, -0.15) is 0 Å². The van der Waals surface area contributed by atoms with E-state index in [1.165, 1.54) is 35.2 Å². The summed E-state index contributed by atoms with van der Waals surface area (Å²) < 4.78 is 0. The summed E-state index contributed by atoms with van der Waals surface area (Å²) >= 11 is 0. The van der Waals surface area contributed by atoms with Gasteiger partial charge in [0.05, 0.1) is 0 Å². The second-order valence-electron chi connectivity index (χ2n) is 7.00. The summed E-state index contributed by atoms with van der Waals surface area (Å²) in [5.41, 5.74) is 0. The lowest BCUT2D eigenvalue weighted by atomic mass is 10.1. The maximum Gasteiger partial charge on any atom is -0.0163 e. The Hall–Kier alpha value is -2.04. The number of rotatable bonds is 7. The lowest BCUT2D eigenvalue weighted by Crippen LogP contribution is -2.28. The first-order chi connectivity index (χ1) is 12.8. The number of benzene rings is 3. The van der Waals surface area contributed by atoms with Crippen molar-refractivity contribution in [3.63, 3.8) is 0 Å². The zero-order chi connectivity index (χ0) is 18.2. The van der Waals surface area contributed by atoms with Gasteiger partial charge in [0.15, 0.2) is 0 Å². The molecule has 0 amide bonds. The van der Waals surface area contributed by atoms with E-state index in [0.717, 1.165) is 0 Å². The van der Waals surface area contributed by atoms with Gasteiger partial charge in [-0.3, -0.25) is 0 Å². The molecule has 3 aromatic rings. The van der Waals surface area contributed by atoms with E-state index in [9.17, 15) is 0 Å². The summed E-state index contributed by atoms with van der Waals surface area (Å²) in [6.07, 6.45) is 3.80. The van der Waals surface area contributed by atoms with Crippen LogP contribution < -0.4 is 15.9 Å². The molecule has 0 aromatic heterocycles.